The van der Waals surface area contributed by atoms with E-state index in [1.165, 1.54) is 4.31 Å². The molecule has 1 aromatic carbocycles. The van der Waals surface area contributed by atoms with Crippen LogP contribution in [-0.2, 0) is 14.8 Å². The summed E-state index contributed by atoms with van der Waals surface area (Å²) in [6, 6.07) is 5.86. The average molecular weight is 336 g/mol. The fourth-order valence-corrected chi connectivity index (χ4v) is 4.81. The van der Waals surface area contributed by atoms with Gasteiger partial charge in [-0.05, 0) is 56.7 Å². The predicted molar refractivity (Wildman–Crippen MR) is 88.6 cm³/mol. The molecule has 0 aromatic heterocycles. The van der Waals surface area contributed by atoms with Crippen molar-refractivity contribution in [1.29, 1.82) is 0 Å². The van der Waals surface area contributed by atoms with Crippen molar-refractivity contribution in [2.45, 2.75) is 50.5 Å². The number of hydrogen-bond acceptors (Lipinski definition) is 3. The van der Waals surface area contributed by atoms with Gasteiger partial charge >= 0.3 is 0 Å². The van der Waals surface area contributed by atoms with Crippen LogP contribution >= 0.6 is 0 Å². The third kappa shape index (κ3) is 3.58. The van der Waals surface area contributed by atoms with Gasteiger partial charge in [-0.3, -0.25) is 4.79 Å². The Hall–Kier alpha value is -1.40. The number of nitrogens with zero attached hydrogens (tertiary/aromatic N) is 1. The van der Waals surface area contributed by atoms with Crippen molar-refractivity contribution in [3.8, 4) is 0 Å². The lowest BCUT2D eigenvalue weighted by Crippen LogP contribution is -2.43. The largest absolute Gasteiger partial charge is 0.353 e. The molecule has 126 valence electrons. The van der Waals surface area contributed by atoms with Crippen LogP contribution in [0.3, 0.4) is 0 Å². The van der Waals surface area contributed by atoms with E-state index in [1.807, 2.05) is 26.0 Å². The molecule has 23 heavy (non-hydrogen) atoms. The minimum atomic E-state index is -3.47. The zero-order chi connectivity index (χ0) is 16.6. The van der Waals surface area contributed by atoms with Gasteiger partial charge in [0.15, 0.2) is 0 Å². The van der Waals surface area contributed by atoms with E-state index in [4.69, 9.17) is 0 Å². The summed E-state index contributed by atoms with van der Waals surface area (Å²) in [7, 11) is -3.47. The van der Waals surface area contributed by atoms with Crippen LogP contribution in [0.2, 0.25) is 0 Å². The molecular weight excluding hydrogens is 312 g/mol. The number of amides is 1. The molecule has 2 aliphatic rings. The zero-order valence-corrected chi connectivity index (χ0v) is 14.5. The van der Waals surface area contributed by atoms with E-state index in [0.717, 1.165) is 24.0 Å². The van der Waals surface area contributed by atoms with E-state index < -0.39 is 10.0 Å². The Balaban J connectivity index is 1.68. The van der Waals surface area contributed by atoms with Gasteiger partial charge in [-0.15, -0.1) is 0 Å². The summed E-state index contributed by atoms with van der Waals surface area (Å²) < 4.78 is 27.2. The number of sulfonamides is 1. The summed E-state index contributed by atoms with van der Waals surface area (Å²) in [4.78, 5) is 12.5. The molecule has 5 nitrogen and oxygen atoms in total. The maximum absolute atomic E-state index is 12.8. The van der Waals surface area contributed by atoms with Crippen molar-refractivity contribution >= 4 is 15.9 Å². The number of carbonyl (C=O) groups is 1. The van der Waals surface area contributed by atoms with Gasteiger partial charge in [0.05, 0.1) is 4.90 Å². The van der Waals surface area contributed by atoms with Gasteiger partial charge in [-0.1, -0.05) is 12.1 Å². The van der Waals surface area contributed by atoms with Crippen molar-refractivity contribution in [2.24, 2.45) is 5.92 Å². The van der Waals surface area contributed by atoms with Crippen molar-refractivity contribution in [1.82, 2.24) is 9.62 Å². The first-order valence-electron chi connectivity index (χ1n) is 8.25. The van der Waals surface area contributed by atoms with Crippen LogP contribution in [0.1, 0.15) is 36.8 Å². The van der Waals surface area contributed by atoms with Gasteiger partial charge in [0.25, 0.3) is 0 Å². The van der Waals surface area contributed by atoms with E-state index in [2.05, 4.69) is 5.32 Å². The summed E-state index contributed by atoms with van der Waals surface area (Å²) >= 11 is 0. The predicted octanol–water partition coefficient (Wildman–Crippen LogP) is 1.98. The smallest absolute Gasteiger partial charge is 0.243 e. The van der Waals surface area contributed by atoms with Crippen LogP contribution in [0, 0.1) is 19.8 Å². The first-order valence-corrected chi connectivity index (χ1v) is 9.70. The highest BCUT2D eigenvalue weighted by atomic mass is 32.2. The molecule has 1 saturated heterocycles. The molecule has 2 fully saturated rings. The van der Waals surface area contributed by atoms with Crippen molar-refractivity contribution in [3.05, 3.63) is 29.3 Å². The number of rotatable bonds is 4. The van der Waals surface area contributed by atoms with Gasteiger partial charge in [0.1, 0.15) is 0 Å². The van der Waals surface area contributed by atoms with Crippen molar-refractivity contribution in [2.75, 3.05) is 13.1 Å². The van der Waals surface area contributed by atoms with Crippen LogP contribution in [0.4, 0.5) is 0 Å². The van der Waals surface area contributed by atoms with E-state index in [1.54, 1.807) is 6.07 Å². The van der Waals surface area contributed by atoms with Crippen LogP contribution in [0.25, 0.3) is 0 Å². The molecule has 1 heterocycles. The minimum absolute atomic E-state index is 0.0549. The Morgan fingerprint density at radius 3 is 2.39 bits per heavy atom. The lowest BCUT2D eigenvalue weighted by Gasteiger charge is -2.31. The summed E-state index contributed by atoms with van der Waals surface area (Å²) in [5.74, 6) is 0.0388. The molecule has 1 amide bonds. The van der Waals surface area contributed by atoms with E-state index >= 15 is 0 Å². The van der Waals surface area contributed by atoms with Gasteiger partial charge in [0.2, 0.25) is 15.9 Å². The molecule has 6 heteroatoms. The molecule has 1 aromatic rings. The summed E-state index contributed by atoms with van der Waals surface area (Å²) in [5, 5.41) is 3.02. The second kappa shape index (κ2) is 6.24. The third-order valence-corrected chi connectivity index (χ3v) is 6.75. The number of carbonyl (C=O) groups excluding carboxylic acids is 1. The molecule has 1 saturated carbocycles. The molecule has 1 aliphatic carbocycles. The molecule has 1 N–H and O–H groups in total. The molecule has 3 rings (SSSR count). The molecule has 1 aliphatic heterocycles. The third-order valence-electron chi connectivity index (χ3n) is 4.71. The average Bonchev–Trinajstić information content (AvgIpc) is 3.33. The maximum atomic E-state index is 12.8. The topological polar surface area (TPSA) is 66.5 Å². The lowest BCUT2D eigenvalue weighted by atomic mass is 9.97. The highest BCUT2D eigenvalue weighted by Gasteiger charge is 2.34. The fourth-order valence-electron chi connectivity index (χ4n) is 3.03. The Morgan fingerprint density at radius 1 is 1.13 bits per heavy atom. The number of nitrogens with one attached hydrogen (secondary N) is 1. The standard InChI is InChI=1S/C17H24N2O3S/c1-12-3-4-13(2)16(11-12)23(21,22)19-9-7-14(8-10-19)17(20)18-15-5-6-15/h3-4,11,14-15H,5-10H2,1-2H3,(H,18,20). The number of aryl methyl sites for hydroxylation is 2. The van der Waals surface area contributed by atoms with Gasteiger partial charge in [0, 0.05) is 25.0 Å². The van der Waals surface area contributed by atoms with Crippen LogP contribution in [0.15, 0.2) is 23.1 Å². The van der Waals surface area contributed by atoms with Crippen LogP contribution in [-0.4, -0.2) is 37.8 Å². The first-order chi connectivity index (χ1) is 10.9. The molecule has 0 unspecified atom stereocenters. The molecule has 0 radical (unpaired) electrons. The summed E-state index contributed by atoms with van der Waals surface area (Å²) in [5.41, 5.74) is 1.71. The quantitative estimate of drug-likeness (QED) is 0.914. The molecule has 0 spiro atoms. The Bertz CT molecular complexity index is 703. The second-order valence-electron chi connectivity index (χ2n) is 6.73. The van der Waals surface area contributed by atoms with Crippen LogP contribution in [0.5, 0.6) is 0 Å². The zero-order valence-electron chi connectivity index (χ0n) is 13.7. The fraction of sp³-hybridized carbons (Fsp3) is 0.588. The van der Waals surface area contributed by atoms with Crippen molar-refractivity contribution < 1.29 is 13.2 Å². The van der Waals surface area contributed by atoms with E-state index in [0.29, 0.717) is 36.9 Å². The highest BCUT2D eigenvalue weighted by Crippen LogP contribution is 2.27. The van der Waals surface area contributed by atoms with E-state index in [9.17, 15) is 13.2 Å². The van der Waals surface area contributed by atoms with Crippen molar-refractivity contribution in [3.63, 3.8) is 0 Å². The minimum Gasteiger partial charge on any atom is -0.353 e. The van der Waals surface area contributed by atoms with Gasteiger partial charge < -0.3 is 5.32 Å². The van der Waals surface area contributed by atoms with Gasteiger partial charge in [-0.25, -0.2) is 8.42 Å². The summed E-state index contributed by atoms with van der Waals surface area (Å²) in [6.07, 6.45) is 3.35. The lowest BCUT2D eigenvalue weighted by molar-refractivity contribution is -0.126. The number of hydrogen-bond donors (Lipinski definition) is 1. The Kier molecular flexibility index (Phi) is 4.47. The van der Waals surface area contributed by atoms with Crippen LogP contribution < -0.4 is 5.32 Å². The SMILES string of the molecule is Cc1ccc(C)c(S(=O)(=O)N2CCC(C(=O)NC3CC3)CC2)c1. The monoisotopic (exact) mass is 336 g/mol. The number of benzene rings is 1. The second-order valence-corrected chi connectivity index (χ2v) is 8.64. The summed E-state index contributed by atoms with van der Waals surface area (Å²) in [6.45, 7) is 4.55. The van der Waals surface area contributed by atoms with Gasteiger partial charge in [-0.2, -0.15) is 4.31 Å². The highest BCUT2D eigenvalue weighted by molar-refractivity contribution is 7.89. The maximum Gasteiger partial charge on any atom is 0.243 e. The molecular formula is C17H24N2O3S. The normalized spacial score (nSPS) is 20.4. The number of piperidine rings is 1. The van der Waals surface area contributed by atoms with E-state index in [-0.39, 0.29) is 11.8 Å². The molecule has 0 atom stereocenters. The Labute approximate surface area is 138 Å². The molecule has 0 bridgehead atoms. The first kappa shape index (κ1) is 16.5. The Morgan fingerprint density at radius 2 is 1.78 bits per heavy atom.